The van der Waals surface area contributed by atoms with Gasteiger partial charge in [0.25, 0.3) is 0 Å². The third-order valence-corrected chi connectivity index (χ3v) is 7.29. The minimum atomic E-state index is 0.136. The molecule has 0 bridgehead atoms. The third-order valence-electron chi connectivity index (χ3n) is 7.29. The van der Waals surface area contributed by atoms with Crippen LogP contribution in [0.5, 0.6) is 0 Å². The summed E-state index contributed by atoms with van der Waals surface area (Å²) >= 11 is 0. The molecule has 0 spiro atoms. The number of aromatic nitrogens is 1. The Hall–Kier alpha value is -2.18. The normalized spacial score (nSPS) is 20.8. The number of likely N-dealkylation sites (tertiary alicyclic amines) is 2. The van der Waals surface area contributed by atoms with E-state index in [9.17, 15) is 4.79 Å². The minimum Gasteiger partial charge on any atom is -0.441 e. The second-order valence-corrected chi connectivity index (χ2v) is 10.1. The van der Waals surface area contributed by atoms with Gasteiger partial charge in [-0.1, -0.05) is 25.1 Å². The van der Waals surface area contributed by atoms with Crippen LogP contribution in [-0.2, 0) is 11.3 Å². The van der Waals surface area contributed by atoms with Crippen LogP contribution in [0.4, 0.5) is 0 Å². The third kappa shape index (κ3) is 6.45. The number of amides is 1. The lowest BCUT2D eigenvalue weighted by Gasteiger charge is -2.31. The lowest BCUT2D eigenvalue weighted by Crippen LogP contribution is -2.41. The van der Waals surface area contributed by atoms with Crippen LogP contribution >= 0.6 is 0 Å². The van der Waals surface area contributed by atoms with E-state index in [0.717, 1.165) is 74.9 Å². The molecule has 1 N–H and O–H groups in total. The maximum absolute atomic E-state index is 12.6. The van der Waals surface area contributed by atoms with Gasteiger partial charge in [-0.05, 0) is 89.7 Å². The van der Waals surface area contributed by atoms with Crippen molar-refractivity contribution in [3.8, 4) is 11.5 Å². The molecule has 6 heteroatoms. The maximum atomic E-state index is 12.6. The van der Waals surface area contributed by atoms with Crippen LogP contribution in [-0.4, -0.2) is 60.0 Å². The van der Waals surface area contributed by atoms with E-state index < -0.39 is 0 Å². The molecule has 0 radical (unpaired) electrons. The number of nitrogens with zero attached hydrogens (tertiary/aromatic N) is 3. The zero-order chi connectivity index (χ0) is 23.2. The Morgan fingerprint density at radius 3 is 2.67 bits per heavy atom. The van der Waals surface area contributed by atoms with Crippen LogP contribution in [0.3, 0.4) is 0 Å². The van der Waals surface area contributed by atoms with Crippen molar-refractivity contribution in [2.45, 2.75) is 59.4 Å². The van der Waals surface area contributed by atoms with E-state index in [4.69, 9.17) is 9.40 Å². The van der Waals surface area contributed by atoms with Gasteiger partial charge in [-0.25, -0.2) is 4.98 Å². The Kier molecular flexibility index (Phi) is 8.20. The van der Waals surface area contributed by atoms with Crippen molar-refractivity contribution in [1.29, 1.82) is 0 Å². The Morgan fingerprint density at radius 1 is 1.12 bits per heavy atom. The van der Waals surface area contributed by atoms with Gasteiger partial charge >= 0.3 is 0 Å². The molecular formula is C27H40N4O2. The molecule has 1 aromatic heterocycles. The van der Waals surface area contributed by atoms with Gasteiger partial charge in [0.1, 0.15) is 5.76 Å². The fourth-order valence-corrected chi connectivity index (χ4v) is 5.22. The van der Waals surface area contributed by atoms with E-state index in [1.807, 2.05) is 19.1 Å². The maximum Gasteiger partial charge on any atom is 0.226 e. The molecule has 2 aliphatic heterocycles. The lowest BCUT2D eigenvalue weighted by atomic mass is 9.95. The number of benzene rings is 1. The molecule has 180 valence electrons. The number of piperidine rings is 2. The molecule has 2 fully saturated rings. The Morgan fingerprint density at radius 2 is 1.91 bits per heavy atom. The fraction of sp³-hybridized carbons (Fsp3) is 0.630. The van der Waals surface area contributed by atoms with E-state index in [1.54, 1.807) is 0 Å². The summed E-state index contributed by atoms with van der Waals surface area (Å²) in [6.45, 7) is 13.4. The van der Waals surface area contributed by atoms with Crippen molar-refractivity contribution in [3.05, 3.63) is 41.3 Å². The number of carbonyl (C=O) groups is 1. The van der Waals surface area contributed by atoms with Crippen molar-refractivity contribution < 1.29 is 9.21 Å². The standard InChI is InChI=1S/C27H40N4O2/c1-20-8-6-14-30(18-20)15-7-13-28-26(32)23-11-16-31(17-12-23)19-25-22(3)33-27(29-25)24-10-5-4-9-21(24)2/h4-5,9-10,20,23H,6-8,11-19H2,1-3H3,(H,28,32)/t20-/m1/s1. The van der Waals surface area contributed by atoms with Gasteiger partial charge in [-0.3, -0.25) is 9.69 Å². The predicted molar refractivity (Wildman–Crippen MR) is 132 cm³/mol. The van der Waals surface area contributed by atoms with Crippen molar-refractivity contribution >= 4 is 5.91 Å². The highest BCUT2D eigenvalue weighted by atomic mass is 16.4. The smallest absolute Gasteiger partial charge is 0.226 e. The number of rotatable bonds is 8. The summed E-state index contributed by atoms with van der Waals surface area (Å²) in [6, 6.07) is 8.19. The van der Waals surface area contributed by atoms with Gasteiger partial charge in [0.05, 0.1) is 5.69 Å². The van der Waals surface area contributed by atoms with E-state index in [2.05, 4.69) is 41.1 Å². The van der Waals surface area contributed by atoms with Crippen molar-refractivity contribution in [3.63, 3.8) is 0 Å². The average molecular weight is 453 g/mol. The van der Waals surface area contributed by atoms with Crippen LogP contribution in [0.15, 0.2) is 28.7 Å². The average Bonchev–Trinajstić information content (AvgIpc) is 3.17. The lowest BCUT2D eigenvalue weighted by molar-refractivity contribution is -0.126. The van der Waals surface area contributed by atoms with Crippen molar-refractivity contribution in [2.24, 2.45) is 11.8 Å². The zero-order valence-electron chi connectivity index (χ0n) is 20.6. The van der Waals surface area contributed by atoms with E-state index in [0.29, 0.717) is 5.89 Å². The summed E-state index contributed by atoms with van der Waals surface area (Å²) in [4.78, 5) is 22.4. The fourth-order valence-electron chi connectivity index (χ4n) is 5.22. The van der Waals surface area contributed by atoms with Gasteiger partial charge < -0.3 is 14.6 Å². The SMILES string of the molecule is Cc1ccccc1-c1nc(CN2CCC(C(=O)NCCCN3CCC[C@@H](C)C3)CC2)c(C)o1. The quantitative estimate of drug-likeness (QED) is 0.601. The molecular weight excluding hydrogens is 412 g/mol. The first-order valence-corrected chi connectivity index (χ1v) is 12.7. The number of oxazole rings is 1. The molecule has 2 saturated heterocycles. The summed E-state index contributed by atoms with van der Waals surface area (Å²) in [5, 5.41) is 3.19. The number of carbonyl (C=O) groups excluding carboxylic acids is 1. The Bertz CT molecular complexity index is 917. The molecule has 1 aromatic carbocycles. The van der Waals surface area contributed by atoms with Crippen LogP contribution in [0, 0.1) is 25.7 Å². The molecule has 0 aliphatic carbocycles. The second kappa shape index (κ2) is 11.3. The first-order chi connectivity index (χ1) is 16.0. The molecule has 2 aromatic rings. The number of aryl methyl sites for hydroxylation is 2. The van der Waals surface area contributed by atoms with Gasteiger partial charge in [0.2, 0.25) is 11.8 Å². The molecule has 1 amide bonds. The molecule has 2 aliphatic rings. The van der Waals surface area contributed by atoms with Crippen molar-refractivity contribution in [1.82, 2.24) is 20.1 Å². The minimum absolute atomic E-state index is 0.136. The van der Waals surface area contributed by atoms with Gasteiger partial charge in [0.15, 0.2) is 0 Å². The first kappa shape index (κ1) is 24.0. The number of hydrogen-bond donors (Lipinski definition) is 1. The summed E-state index contributed by atoms with van der Waals surface area (Å²) in [5.74, 6) is 2.78. The zero-order valence-corrected chi connectivity index (χ0v) is 20.6. The largest absolute Gasteiger partial charge is 0.441 e. The van der Waals surface area contributed by atoms with Crippen LogP contribution in [0.25, 0.3) is 11.5 Å². The van der Waals surface area contributed by atoms with E-state index >= 15 is 0 Å². The van der Waals surface area contributed by atoms with Gasteiger partial charge in [-0.15, -0.1) is 0 Å². The molecule has 3 heterocycles. The van der Waals surface area contributed by atoms with Gasteiger partial charge in [-0.2, -0.15) is 0 Å². The summed E-state index contributed by atoms with van der Waals surface area (Å²) in [6.07, 6.45) is 5.54. The summed E-state index contributed by atoms with van der Waals surface area (Å²) < 4.78 is 5.98. The first-order valence-electron chi connectivity index (χ1n) is 12.7. The van der Waals surface area contributed by atoms with Crippen LogP contribution in [0.1, 0.15) is 56.0 Å². The summed E-state index contributed by atoms with van der Waals surface area (Å²) in [7, 11) is 0. The monoisotopic (exact) mass is 452 g/mol. The summed E-state index contributed by atoms with van der Waals surface area (Å²) in [5.41, 5.74) is 3.22. The van der Waals surface area contributed by atoms with Gasteiger partial charge in [0, 0.05) is 31.1 Å². The number of hydrogen-bond acceptors (Lipinski definition) is 5. The molecule has 6 nitrogen and oxygen atoms in total. The van der Waals surface area contributed by atoms with Crippen LogP contribution < -0.4 is 5.32 Å². The molecule has 33 heavy (non-hydrogen) atoms. The molecule has 1 atom stereocenters. The Labute approximate surface area is 198 Å². The predicted octanol–water partition coefficient (Wildman–Crippen LogP) is 4.41. The molecule has 4 rings (SSSR count). The highest BCUT2D eigenvalue weighted by Gasteiger charge is 2.26. The van der Waals surface area contributed by atoms with Crippen molar-refractivity contribution in [2.75, 3.05) is 39.3 Å². The molecule has 0 unspecified atom stereocenters. The number of nitrogens with one attached hydrogen (secondary N) is 1. The highest BCUT2D eigenvalue weighted by molar-refractivity contribution is 5.78. The topological polar surface area (TPSA) is 61.6 Å². The highest BCUT2D eigenvalue weighted by Crippen LogP contribution is 2.26. The molecule has 0 saturated carbocycles. The van der Waals surface area contributed by atoms with E-state index in [-0.39, 0.29) is 11.8 Å². The van der Waals surface area contributed by atoms with E-state index in [1.165, 1.54) is 31.5 Å². The Balaban J connectivity index is 1.18. The van der Waals surface area contributed by atoms with Crippen LogP contribution in [0.2, 0.25) is 0 Å². The second-order valence-electron chi connectivity index (χ2n) is 10.1.